The van der Waals surface area contributed by atoms with Crippen LogP contribution in [0.3, 0.4) is 0 Å². The Morgan fingerprint density at radius 1 is 1.35 bits per heavy atom. The number of anilines is 1. The molecule has 5 nitrogen and oxygen atoms in total. The lowest BCUT2D eigenvalue weighted by molar-refractivity contribution is -0.129. The summed E-state index contributed by atoms with van der Waals surface area (Å²) < 4.78 is 5.13. The molecule has 0 heterocycles. The van der Waals surface area contributed by atoms with Gasteiger partial charge in [0.25, 0.3) is 5.91 Å². The highest BCUT2D eigenvalue weighted by Gasteiger charge is 2.20. The second-order valence-electron chi connectivity index (χ2n) is 4.87. The molecule has 5 heteroatoms. The van der Waals surface area contributed by atoms with Crippen molar-refractivity contribution in [2.45, 2.75) is 45.8 Å². The van der Waals surface area contributed by atoms with Crippen molar-refractivity contribution in [3.8, 4) is 0 Å². The van der Waals surface area contributed by atoms with Crippen LogP contribution in [0.1, 0.15) is 44.0 Å². The number of nitrogens with one attached hydrogen (secondary N) is 1. The van der Waals surface area contributed by atoms with Gasteiger partial charge in [0, 0.05) is 11.7 Å². The van der Waals surface area contributed by atoms with Crippen LogP contribution >= 0.6 is 0 Å². The minimum Gasteiger partial charge on any atom is -0.449 e. The van der Waals surface area contributed by atoms with E-state index in [0.717, 1.165) is 12.8 Å². The molecule has 0 fully saturated rings. The van der Waals surface area contributed by atoms with Gasteiger partial charge in [-0.25, -0.2) is 4.79 Å². The van der Waals surface area contributed by atoms with Crippen LogP contribution in [-0.2, 0) is 9.53 Å². The molecule has 1 aromatic carbocycles. The molecule has 0 radical (unpaired) electrons. The number of ether oxygens (including phenoxy) is 1. The number of rotatable bonds is 6. The summed E-state index contributed by atoms with van der Waals surface area (Å²) in [6, 6.07) is 6.54. The van der Waals surface area contributed by atoms with Gasteiger partial charge < -0.3 is 15.8 Å². The minimum atomic E-state index is -0.830. The summed E-state index contributed by atoms with van der Waals surface area (Å²) in [5, 5.41) is 2.81. The second kappa shape index (κ2) is 7.53. The molecule has 0 aromatic heterocycles. The topological polar surface area (TPSA) is 81.4 Å². The number of carbonyl (C=O) groups is 2. The first kappa shape index (κ1) is 16.0. The average molecular weight is 278 g/mol. The smallest absolute Gasteiger partial charge is 0.338 e. The van der Waals surface area contributed by atoms with Crippen LogP contribution in [0.2, 0.25) is 0 Å². The van der Waals surface area contributed by atoms with Gasteiger partial charge in [0.2, 0.25) is 0 Å². The highest BCUT2D eigenvalue weighted by atomic mass is 16.5. The van der Waals surface area contributed by atoms with Crippen LogP contribution in [0.4, 0.5) is 5.69 Å². The van der Waals surface area contributed by atoms with E-state index in [4.69, 9.17) is 10.5 Å². The summed E-state index contributed by atoms with van der Waals surface area (Å²) in [6.07, 6.45) is 1.05. The van der Waals surface area contributed by atoms with E-state index in [1.54, 1.807) is 25.1 Å². The highest BCUT2D eigenvalue weighted by molar-refractivity contribution is 5.92. The quantitative estimate of drug-likeness (QED) is 0.617. The van der Waals surface area contributed by atoms with Gasteiger partial charge in [0.05, 0.1) is 5.56 Å². The minimum absolute atomic E-state index is 0.0704. The van der Waals surface area contributed by atoms with Crippen molar-refractivity contribution in [1.82, 2.24) is 5.32 Å². The van der Waals surface area contributed by atoms with E-state index < -0.39 is 12.1 Å². The number of amides is 1. The van der Waals surface area contributed by atoms with E-state index >= 15 is 0 Å². The molecular formula is C15H22N2O3. The van der Waals surface area contributed by atoms with Gasteiger partial charge in [0.1, 0.15) is 0 Å². The van der Waals surface area contributed by atoms with Gasteiger partial charge in [0.15, 0.2) is 6.10 Å². The molecule has 0 aliphatic heterocycles. The second-order valence-corrected chi connectivity index (χ2v) is 4.87. The molecular weight excluding hydrogens is 256 g/mol. The van der Waals surface area contributed by atoms with Crippen LogP contribution in [0.5, 0.6) is 0 Å². The predicted octanol–water partition coefficient (Wildman–Crippen LogP) is 2.12. The van der Waals surface area contributed by atoms with Crippen LogP contribution in [-0.4, -0.2) is 24.0 Å². The molecule has 20 heavy (non-hydrogen) atoms. The number of hydrogen-bond acceptors (Lipinski definition) is 4. The number of benzene rings is 1. The summed E-state index contributed by atoms with van der Waals surface area (Å²) in [5.41, 5.74) is 6.42. The summed E-state index contributed by atoms with van der Waals surface area (Å²) in [4.78, 5) is 23.7. The summed E-state index contributed by atoms with van der Waals surface area (Å²) in [5.74, 6) is -0.841. The molecule has 0 spiro atoms. The largest absolute Gasteiger partial charge is 0.449 e. The first-order valence-electron chi connectivity index (χ1n) is 6.81. The van der Waals surface area contributed by atoms with Crippen molar-refractivity contribution < 1.29 is 14.3 Å². The molecule has 0 saturated heterocycles. The van der Waals surface area contributed by atoms with Crippen molar-refractivity contribution in [3.05, 3.63) is 29.8 Å². The fourth-order valence-electron chi connectivity index (χ4n) is 1.81. The fraction of sp³-hybridized carbons (Fsp3) is 0.467. The molecule has 0 aliphatic rings. The zero-order chi connectivity index (χ0) is 15.1. The van der Waals surface area contributed by atoms with Crippen molar-refractivity contribution in [1.29, 1.82) is 0 Å². The molecule has 1 aromatic rings. The van der Waals surface area contributed by atoms with Gasteiger partial charge in [-0.15, -0.1) is 0 Å². The summed E-state index contributed by atoms with van der Waals surface area (Å²) >= 11 is 0. The first-order valence-corrected chi connectivity index (χ1v) is 6.81. The van der Waals surface area contributed by atoms with E-state index in [1.807, 2.05) is 13.8 Å². The highest BCUT2D eigenvalue weighted by Crippen LogP contribution is 2.09. The van der Waals surface area contributed by atoms with Crippen molar-refractivity contribution in [2.75, 3.05) is 5.73 Å². The Morgan fingerprint density at radius 3 is 2.65 bits per heavy atom. The average Bonchev–Trinajstić information content (AvgIpc) is 2.38. The van der Waals surface area contributed by atoms with Gasteiger partial charge in [-0.3, -0.25) is 4.79 Å². The van der Waals surface area contributed by atoms with E-state index in [2.05, 4.69) is 5.32 Å². The molecule has 0 bridgehead atoms. The predicted molar refractivity (Wildman–Crippen MR) is 78.2 cm³/mol. The SMILES string of the molecule is CCCC(C)NC(=O)C(C)OC(=O)c1cccc(N)c1. The maximum atomic E-state index is 11.9. The van der Waals surface area contributed by atoms with E-state index in [9.17, 15) is 9.59 Å². The zero-order valence-corrected chi connectivity index (χ0v) is 12.2. The van der Waals surface area contributed by atoms with Gasteiger partial charge in [-0.2, -0.15) is 0 Å². The monoisotopic (exact) mass is 278 g/mol. The van der Waals surface area contributed by atoms with Gasteiger partial charge in [-0.1, -0.05) is 19.4 Å². The van der Waals surface area contributed by atoms with Crippen LogP contribution in [0.25, 0.3) is 0 Å². The third-order valence-electron chi connectivity index (χ3n) is 2.89. The number of hydrogen-bond donors (Lipinski definition) is 2. The van der Waals surface area contributed by atoms with Crippen molar-refractivity contribution in [2.24, 2.45) is 0 Å². The number of carbonyl (C=O) groups excluding carboxylic acids is 2. The Labute approximate surface area is 119 Å². The first-order chi connectivity index (χ1) is 9.43. The molecule has 1 rings (SSSR count). The Bertz CT molecular complexity index is 474. The number of nitrogen functional groups attached to an aromatic ring is 1. The van der Waals surface area contributed by atoms with Crippen LogP contribution < -0.4 is 11.1 Å². The summed E-state index contributed by atoms with van der Waals surface area (Å²) in [6.45, 7) is 5.53. The molecule has 110 valence electrons. The van der Waals surface area contributed by atoms with Crippen molar-refractivity contribution in [3.63, 3.8) is 0 Å². The van der Waals surface area contributed by atoms with Crippen molar-refractivity contribution >= 4 is 17.6 Å². The molecule has 2 unspecified atom stereocenters. The third kappa shape index (κ3) is 4.91. The molecule has 1 amide bonds. The van der Waals surface area contributed by atoms with E-state index in [-0.39, 0.29) is 11.9 Å². The standard InChI is InChI=1S/C15H22N2O3/c1-4-6-10(2)17-14(18)11(3)20-15(19)12-7-5-8-13(16)9-12/h5,7-11H,4,6,16H2,1-3H3,(H,17,18). The molecule has 0 saturated carbocycles. The lowest BCUT2D eigenvalue weighted by Crippen LogP contribution is -2.40. The Balaban J connectivity index is 2.55. The summed E-state index contributed by atoms with van der Waals surface area (Å²) in [7, 11) is 0. The number of nitrogens with two attached hydrogens (primary N) is 1. The van der Waals surface area contributed by atoms with E-state index in [0.29, 0.717) is 11.3 Å². The fourth-order valence-corrected chi connectivity index (χ4v) is 1.81. The maximum Gasteiger partial charge on any atom is 0.338 e. The maximum absolute atomic E-state index is 11.9. The van der Waals surface area contributed by atoms with Gasteiger partial charge in [-0.05, 0) is 38.5 Å². The zero-order valence-electron chi connectivity index (χ0n) is 12.2. The Morgan fingerprint density at radius 2 is 2.05 bits per heavy atom. The Kier molecular flexibility index (Phi) is 6.03. The number of esters is 1. The Hall–Kier alpha value is -2.04. The lowest BCUT2D eigenvalue weighted by atomic mass is 10.2. The normalized spacial score (nSPS) is 13.3. The molecule has 0 aliphatic carbocycles. The van der Waals surface area contributed by atoms with Gasteiger partial charge >= 0.3 is 5.97 Å². The van der Waals surface area contributed by atoms with Crippen LogP contribution in [0, 0.1) is 0 Å². The van der Waals surface area contributed by atoms with Crippen LogP contribution in [0.15, 0.2) is 24.3 Å². The van der Waals surface area contributed by atoms with E-state index in [1.165, 1.54) is 6.07 Å². The lowest BCUT2D eigenvalue weighted by Gasteiger charge is -2.17. The molecule has 3 N–H and O–H groups in total. The third-order valence-corrected chi connectivity index (χ3v) is 2.89. The molecule has 2 atom stereocenters.